The Hall–Kier alpha value is -2.93. The molecule has 2 amide bonds. The Morgan fingerprint density at radius 3 is 2.13 bits per heavy atom. The standard InChI is InChI=1S/C22H25ClN2O5/c1-14-8-19(9-15(2)21(14)23)30-13-20(28)24-4-3-5-25(7-6-24)22(29)16-10-17(26)12-18(27)11-16/h8-12,26-27H,3-7,13H2,1-2H3. The van der Waals surface area contributed by atoms with E-state index < -0.39 is 0 Å². The first kappa shape index (κ1) is 21.8. The average Bonchev–Trinajstić information content (AvgIpc) is 2.95. The molecule has 0 radical (unpaired) electrons. The fourth-order valence-corrected chi connectivity index (χ4v) is 3.61. The fourth-order valence-electron chi connectivity index (χ4n) is 3.50. The number of amides is 2. The summed E-state index contributed by atoms with van der Waals surface area (Å²) in [7, 11) is 0. The van der Waals surface area contributed by atoms with Gasteiger partial charge >= 0.3 is 0 Å². The van der Waals surface area contributed by atoms with Gasteiger partial charge in [-0.05, 0) is 55.7 Å². The van der Waals surface area contributed by atoms with Crippen molar-refractivity contribution < 1.29 is 24.5 Å². The molecule has 1 saturated heterocycles. The van der Waals surface area contributed by atoms with Crippen LogP contribution >= 0.6 is 11.6 Å². The molecule has 160 valence electrons. The van der Waals surface area contributed by atoms with E-state index in [2.05, 4.69) is 0 Å². The van der Waals surface area contributed by atoms with E-state index in [1.165, 1.54) is 18.2 Å². The first-order chi connectivity index (χ1) is 14.2. The van der Waals surface area contributed by atoms with Crippen molar-refractivity contribution in [3.63, 3.8) is 0 Å². The van der Waals surface area contributed by atoms with Gasteiger partial charge < -0.3 is 24.7 Å². The molecule has 2 N–H and O–H groups in total. The molecule has 7 nitrogen and oxygen atoms in total. The van der Waals surface area contributed by atoms with E-state index >= 15 is 0 Å². The van der Waals surface area contributed by atoms with Crippen LogP contribution in [0.25, 0.3) is 0 Å². The second-order valence-corrected chi connectivity index (χ2v) is 7.80. The second kappa shape index (κ2) is 9.26. The number of aryl methyl sites for hydroxylation is 2. The number of nitrogens with zero attached hydrogens (tertiary/aromatic N) is 2. The molecule has 2 aromatic rings. The Balaban J connectivity index is 1.58. The van der Waals surface area contributed by atoms with E-state index in [4.69, 9.17) is 16.3 Å². The maximum atomic E-state index is 12.7. The molecule has 0 spiro atoms. The van der Waals surface area contributed by atoms with Crippen molar-refractivity contribution in [3.05, 3.63) is 52.0 Å². The highest BCUT2D eigenvalue weighted by molar-refractivity contribution is 6.32. The van der Waals surface area contributed by atoms with Crippen LogP contribution in [0.3, 0.4) is 0 Å². The predicted octanol–water partition coefficient (Wildman–Crippen LogP) is 3.12. The van der Waals surface area contributed by atoms with Crippen molar-refractivity contribution in [2.45, 2.75) is 20.3 Å². The van der Waals surface area contributed by atoms with E-state index in [-0.39, 0.29) is 35.5 Å². The van der Waals surface area contributed by atoms with Crippen molar-refractivity contribution in [2.75, 3.05) is 32.8 Å². The van der Waals surface area contributed by atoms with Crippen LogP contribution in [0.1, 0.15) is 27.9 Å². The molecule has 30 heavy (non-hydrogen) atoms. The third-order valence-corrected chi connectivity index (χ3v) is 5.65. The smallest absolute Gasteiger partial charge is 0.260 e. The topological polar surface area (TPSA) is 90.3 Å². The highest BCUT2D eigenvalue weighted by atomic mass is 35.5. The summed E-state index contributed by atoms with van der Waals surface area (Å²) in [6, 6.07) is 7.41. The summed E-state index contributed by atoms with van der Waals surface area (Å²) >= 11 is 6.16. The van der Waals surface area contributed by atoms with Crippen LogP contribution < -0.4 is 4.74 Å². The number of phenols is 2. The highest BCUT2D eigenvalue weighted by Crippen LogP contribution is 2.26. The van der Waals surface area contributed by atoms with Gasteiger partial charge in [0.2, 0.25) is 0 Å². The Morgan fingerprint density at radius 1 is 0.933 bits per heavy atom. The minimum absolute atomic E-state index is 0.0884. The maximum Gasteiger partial charge on any atom is 0.260 e. The molecular weight excluding hydrogens is 408 g/mol. The van der Waals surface area contributed by atoms with Crippen LogP contribution in [0, 0.1) is 13.8 Å². The Bertz CT molecular complexity index is 919. The summed E-state index contributed by atoms with van der Waals surface area (Å²) in [4.78, 5) is 28.6. The molecule has 1 aliphatic heterocycles. The van der Waals surface area contributed by atoms with Crippen molar-refractivity contribution >= 4 is 23.4 Å². The SMILES string of the molecule is Cc1cc(OCC(=O)N2CCCN(C(=O)c3cc(O)cc(O)c3)CC2)cc(C)c1Cl. The van der Waals surface area contributed by atoms with Gasteiger partial charge in [0.15, 0.2) is 6.61 Å². The highest BCUT2D eigenvalue weighted by Gasteiger charge is 2.23. The van der Waals surface area contributed by atoms with Gasteiger partial charge in [0, 0.05) is 42.8 Å². The first-order valence-electron chi connectivity index (χ1n) is 9.74. The molecule has 0 saturated carbocycles. The van der Waals surface area contributed by atoms with E-state index in [1.54, 1.807) is 21.9 Å². The van der Waals surface area contributed by atoms with Gasteiger partial charge in [-0.2, -0.15) is 0 Å². The third-order valence-electron chi connectivity index (χ3n) is 5.06. The summed E-state index contributed by atoms with van der Waals surface area (Å²) < 4.78 is 5.66. The van der Waals surface area contributed by atoms with E-state index in [1.807, 2.05) is 13.8 Å². The lowest BCUT2D eigenvalue weighted by atomic mass is 10.1. The van der Waals surface area contributed by atoms with Crippen molar-refractivity contribution in [1.29, 1.82) is 0 Å². The number of hydrogen-bond acceptors (Lipinski definition) is 5. The van der Waals surface area contributed by atoms with Crippen LogP contribution in [0.4, 0.5) is 0 Å². The molecule has 0 aromatic heterocycles. The molecule has 2 aromatic carbocycles. The zero-order chi connectivity index (χ0) is 21.8. The van der Waals surface area contributed by atoms with Gasteiger partial charge in [-0.25, -0.2) is 0 Å². The quantitative estimate of drug-likeness (QED) is 0.774. The molecule has 0 aliphatic carbocycles. The van der Waals surface area contributed by atoms with Gasteiger partial charge in [-0.15, -0.1) is 0 Å². The monoisotopic (exact) mass is 432 g/mol. The van der Waals surface area contributed by atoms with Gasteiger partial charge in [-0.3, -0.25) is 9.59 Å². The Kier molecular flexibility index (Phi) is 6.72. The first-order valence-corrected chi connectivity index (χ1v) is 10.1. The lowest BCUT2D eigenvalue weighted by molar-refractivity contribution is -0.133. The minimum Gasteiger partial charge on any atom is -0.508 e. The largest absolute Gasteiger partial charge is 0.508 e. The van der Waals surface area contributed by atoms with E-state index in [9.17, 15) is 19.8 Å². The van der Waals surface area contributed by atoms with Crippen molar-refractivity contribution in [1.82, 2.24) is 9.80 Å². The summed E-state index contributed by atoms with van der Waals surface area (Å²) in [5.41, 5.74) is 1.99. The summed E-state index contributed by atoms with van der Waals surface area (Å²) in [5, 5.41) is 19.9. The molecule has 0 unspecified atom stereocenters. The van der Waals surface area contributed by atoms with Crippen LogP contribution in [0.5, 0.6) is 17.2 Å². The number of rotatable bonds is 4. The van der Waals surface area contributed by atoms with E-state index in [0.29, 0.717) is 43.4 Å². The molecule has 8 heteroatoms. The fraction of sp³-hybridized carbons (Fsp3) is 0.364. The molecule has 1 fully saturated rings. The summed E-state index contributed by atoms with van der Waals surface area (Å²) in [6.07, 6.45) is 0.626. The molecule has 3 rings (SSSR count). The van der Waals surface area contributed by atoms with Gasteiger partial charge in [0.05, 0.1) is 0 Å². The van der Waals surface area contributed by atoms with Gasteiger partial charge in [0.1, 0.15) is 17.2 Å². The Morgan fingerprint density at radius 2 is 1.50 bits per heavy atom. The number of aromatic hydroxyl groups is 2. The van der Waals surface area contributed by atoms with Crippen LogP contribution in [0.2, 0.25) is 5.02 Å². The number of hydrogen-bond donors (Lipinski definition) is 2. The normalized spacial score (nSPS) is 14.4. The zero-order valence-electron chi connectivity index (χ0n) is 17.0. The molecular formula is C22H25ClN2O5. The molecule has 1 heterocycles. The van der Waals surface area contributed by atoms with Gasteiger partial charge in [-0.1, -0.05) is 11.6 Å². The lowest BCUT2D eigenvalue weighted by Gasteiger charge is -2.22. The number of phenolic OH excluding ortho intramolecular Hbond substituents is 2. The average molecular weight is 433 g/mol. The number of ether oxygens (including phenoxy) is 1. The summed E-state index contributed by atoms with van der Waals surface area (Å²) in [5.74, 6) is -0.189. The number of halogens is 1. The van der Waals surface area contributed by atoms with Crippen LogP contribution in [-0.4, -0.2) is 64.6 Å². The molecule has 0 bridgehead atoms. The second-order valence-electron chi connectivity index (χ2n) is 7.42. The molecule has 0 atom stereocenters. The van der Waals surface area contributed by atoms with Gasteiger partial charge in [0.25, 0.3) is 11.8 Å². The predicted molar refractivity (Wildman–Crippen MR) is 113 cm³/mol. The zero-order valence-corrected chi connectivity index (χ0v) is 17.8. The summed E-state index contributed by atoms with van der Waals surface area (Å²) in [6.45, 7) is 5.44. The number of carbonyl (C=O) groups is 2. The van der Waals surface area contributed by atoms with Crippen LogP contribution in [0.15, 0.2) is 30.3 Å². The number of carbonyl (C=O) groups excluding carboxylic acids is 2. The lowest BCUT2D eigenvalue weighted by Crippen LogP contribution is -2.39. The van der Waals surface area contributed by atoms with Crippen molar-refractivity contribution in [2.24, 2.45) is 0 Å². The van der Waals surface area contributed by atoms with Crippen molar-refractivity contribution in [3.8, 4) is 17.2 Å². The minimum atomic E-state index is -0.293. The maximum absolute atomic E-state index is 12.7. The third kappa shape index (κ3) is 5.16. The Labute approximate surface area is 180 Å². The number of benzene rings is 2. The van der Waals surface area contributed by atoms with Crippen LogP contribution in [-0.2, 0) is 4.79 Å². The van der Waals surface area contributed by atoms with E-state index in [0.717, 1.165) is 11.1 Å². The molecule has 1 aliphatic rings.